The van der Waals surface area contributed by atoms with Gasteiger partial charge in [-0.15, -0.1) is 0 Å². The summed E-state index contributed by atoms with van der Waals surface area (Å²) in [6.45, 7) is 3.97. The third-order valence-corrected chi connectivity index (χ3v) is 3.15. The van der Waals surface area contributed by atoms with E-state index >= 15 is 0 Å². The minimum Gasteiger partial charge on any atom is -0.375 e. The number of halogens is 1. The van der Waals surface area contributed by atoms with Gasteiger partial charge >= 0.3 is 0 Å². The van der Waals surface area contributed by atoms with E-state index in [0.29, 0.717) is 19.7 Å². The van der Waals surface area contributed by atoms with E-state index < -0.39 is 0 Å². The zero-order valence-electron chi connectivity index (χ0n) is 9.15. The predicted molar refractivity (Wildman–Crippen MR) is 65.5 cm³/mol. The van der Waals surface area contributed by atoms with Crippen molar-refractivity contribution in [3.05, 3.63) is 34.3 Å². The van der Waals surface area contributed by atoms with Gasteiger partial charge in [0.2, 0.25) is 0 Å². The van der Waals surface area contributed by atoms with Crippen LogP contribution in [0, 0.1) is 0 Å². The molecule has 1 aliphatic heterocycles. The lowest BCUT2D eigenvalue weighted by Crippen LogP contribution is -2.44. The lowest BCUT2D eigenvalue weighted by molar-refractivity contribution is -0.0124. The summed E-state index contributed by atoms with van der Waals surface area (Å²) in [6.07, 6.45) is 0.133. The molecule has 3 nitrogen and oxygen atoms in total. The van der Waals surface area contributed by atoms with Gasteiger partial charge in [0.1, 0.15) is 0 Å². The van der Waals surface area contributed by atoms with E-state index in [9.17, 15) is 4.79 Å². The fraction of sp³-hybridized carbons (Fsp3) is 0.417. The summed E-state index contributed by atoms with van der Waals surface area (Å²) in [5.41, 5.74) is 0.734. The molecule has 16 heavy (non-hydrogen) atoms. The van der Waals surface area contributed by atoms with Crippen molar-refractivity contribution in [3.63, 3.8) is 0 Å². The van der Waals surface area contributed by atoms with E-state index in [1.807, 2.05) is 36.1 Å². The largest absolute Gasteiger partial charge is 0.375 e. The van der Waals surface area contributed by atoms with Crippen molar-refractivity contribution in [3.8, 4) is 0 Å². The quantitative estimate of drug-likeness (QED) is 0.792. The van der Waals surface area contributed by atoms with Crippen LogP contribution >= 0.6 is 15.9 Å². The van der Waals surface area contributed by atoms with E-state index in [1.165, 1.54) is 0 Å². The molecule has 1 aromatic carbocycles. The highest BCUT2D eigenvalue weighted by molar-refractivity contribution is 9.10. The van der Waals surface area contributed by atoms with Crippen LogP contribution in [0.15, 0.2) is 28.7 Å². The highest BCUT2D eigenvalue weighted by Gasteiger charge is 2.22. The van der Waals surface area contributed by atoms with Crippen molar-refractivity contribution in [2.45, 2.75) is 13.0 Å². The molecular formula is C12H14BrNO2. The first-order valence-electron chi connectivity index (χ1n) is 5.33. The number of hydrogen-bond donors (Lipinski definition) is 0. The van der Waals surface area contributed by atoms with Gasteiger partial charge in [-0.25, -0.2) is 0 Å². The summed E-state index contributed by atoms with van der Waals surface area (Å²) in [6, 6.07) is 7.45. The lowest BCUT2D eigenvalue weighted by Gasteiger charge is -2.31. The topological polar surface area (TPSA) is 29.5 Å². The van der Waals surface area contributed by atoms with Crippen molar-refractivity contribution in [2.75, 3.05) is 19.7 Å². The summed E-state index contributed by atoms with van der Waals surface area (Å²) >= 11 is 3.36. The Morgan fingerprint density at radius 3 is 2.75 bits per heavy atom. The van der Waals surface area contributed by atoms with Crippen LogP contribution in [0.2, 0.25) is 0 Å². The first kappa shape index (κ1) is 11.6. The lowest BCUT2D eigenvalue weighted by atomic mass is 10.2. The van der Waals surface area contributed by atoms with Gasteiger partial charge in [-0.05, 0) is 31.2 Å². The molecule has 1 aromatic rings. The molecule has 0 aromatic heterocycles. The monoisotopic (exact) mass is 283 g/mol. The molecule has 4 heteroatoms. The third-order valence-electron chi connectivity index (χ3n) is 2.62. The Hall–Kier alpha value is -0.870. The predicted octanol–water partition coefficient (Wildman–Crippen LogP) is 2.31. The number of carbonyl (C=O) groups is 1. The molecule has 1 fully saturated rings. The number of benzene rings is 1. The smallest absolute Gasteiger partial charge is 0.254 e. The maximum atomic E-state index is 12.1. The average molecular weight is 284 g/mol. The van der Waals surface area contributed by atoms with Crippen LogP contribution in [0.3, 0.4) is 0 Å². The number of morpholine rings is 1. The van der Waals surface area contributed by atoms with E-state index in [0.717, 1.165) is 10.0 Å². The first-order valence-corrected chi connectivity index (χ1v) is 6.12. The van der Waals surface area contributed by atoms with Gasteiger partial charge in [0.15, 0.2) is 0 Å². The second kappa shape index (κ2) is 4.97. The molecule has 2 rings (SSSR count). The van der Waals surface area contributed by atoms with Crippen molar-refractivity contribution in [1.29, 1.82) is 0 Å². The Bertz CT molecular complexity index is 377. The maximum Gasteiger partial charge on any atom is 0.254 e. The van der Waals surface area contributed by atoms with Crippen molar-refractivity contribution in [1.82, 2.24) is 4.90 Å². The van der Waals surface area contributed by atoms with Crippen LogP contribution < -0.4 is 0 Å². The van der Waals surface area contributed by atoms with Gasteiger partial charge in [-0.3, -0.25) is 4.79 Å². The molecule has 0 N–H and O–H groups in total. The van der Waals surface area contributed by atoms with Gasteiger partial charge in [-0.2, -0.15) is 0 Å². The van der Waals surface area contributed by atoms with Gasteiger partial charge in [0, 0.05) is 23.1 Å². The molecule has 86 valence electrons. The van der Waals surface area contributed by atoms with Gasteiger partial charge < -0.3 is 9.64 Å². The summed E-state index contributed by atoms with van der Waals surface area (Å²) in [4.78, 5) is 14.0. The van der Waals surface area contributed by atoms with Crippen LogP contribution in [0.25, 0.3) is 0 Å². The highest BCUT2D eigenvalue weighted by atomic mass is 79.9. The third kappa shape index (κ3) is 2.62. The standard InChI is InChI=1S/C12H14BrNO2/c1-9-8-14(6-7-16-9)12(15)10-2-4-11(13)5-3-10/h2-5,9H,6-8H2,1H3/t9-/m1/s1. The van der Waals surface area contributed by atoms with E-state index in [4.69, 9.17) is 4.74 Å². The molecular weight excluding hydrogens is 270 g/mol. The van der Waals surface area contributed by atoms with Gasteiger partial charge in [0.25, 0.3) is 5.91 Å². The highest BCUT2D eigenvalue weighted by Crippen LogP contribution is 2.14. The summed E-state index contributed by atoms with van der Waals surface area (Å²) in [7, 11) is 0. The Kier molecular flexibility index (Phi) is 3.61. The number of hydrogen-bond acceptors (Lipinski definition) is 2. The normalized spacial score (nSPS) is 20.9. The average Bonchev–Trinajstić information content (AvgIpc) is 2.29. The Morgan fingerprint density at radius 2 is 2.12 bits per heavy atom. The number of ether oxygens (including phenoxy) is 1. The maximum absolute atomic E-state index is 12.1. The SMILES string of the molecule is C[C@@H]1CN(C(=O)c2ccc(Br)cc2)CCO1. The molecule has 0 bridgehead atoms. The molecule has 1 heterocycles. The number of carbonyl (C=O) groups excluding carboxylic acids is 1. The fourth-order valence-electron chi connectivity index (χ4n) is 1.78. The Labute approximate surface area is 104 Å². The van der Waals surface area contributed by atoms with Crippen molar-refractivity contribution >= 4 is 21.8 Å². The molecule has 1 amide bonds. The minimum absolute atomic E-state index is 0.0858. The number of nitrogens with zero attached hydrogens (tertiary/aromatic N) is 1. The van der Waals surface area contributed by atoms with Gasteiger partial charge in [0.05, 0.1) is 12.7 Å². The zero-order chi connectivity index (χ0) is 11.5. The Balaban J connectivity index is 2.09. The van der Waals surface area contributed by atoms with Crippen LogP contribution in [-0.2, 0) is 4.74 Å². The molecule has 1 atom stereocenters. The summed E-state index contributed by atoms with van der Waals surface area (Å²) in [5.74, 6) is 0.0858. The fourth-order valence-corrected chi connectivity index (χ4v) is 2.04. The Morgan fingerprint density at radius 1 is 1.44 bits per heavy atom. The minimum atomic E-state index is 0.0858. The first-order chi connectivity index (χ1) is 7.66. The second-order valence-electron chi connectivity index (χ2n) is 3.94. The van der Waals surface area contributed by atoms with Crippen molar-refractivity contribution < 1.29 is 9.53 Å². The van der Waals surface area contributed by atoms with Crippen LogP contribution in [0.4, 0.5) is 0 Å². The molecule has 0 saturated carbocycles. The van der Waals surface area contributed by atoms with E-state index in [-0.39, 0.29) is 12.0 Å². The number of amides is 1. The zero-order valence-corrected chi connectivity index (χ0v) is 10.7. The number of rotatable bonds is 1. The molecule has 1 aliphatic rings. The molecule has 0 aliphatic carbocycles. The second-order valence-corrected chi connectivity index (χ2v) is 4.86. The molecule has 0 radical (unpaired) electrons. The van der Waals surface area contributed by atoms with E-state index in [2.05, 4.69) is 15.9 Å². The van der Waals surface area contributed by atoms with Crippen LogP contribution in [-0.4, -0.2) is 36.6 Å². The van der Waals surface area contributed by atoms with Gasteiger partial charge in [-0.1, -0.05) is 15.9 Å². The summed E-state index contributed by atoms with van der Waals surface area (Å²) in [5, 5.41) is 0. The molecule has 0 spiro atoms. The van der Waals surface area contributed by atoms with Crippen LogP contribution in [0.1, 0.15) is 17.3 Å². The van der Waals surface area contributed by atoms with Crippen molar-refractivity contribution in [2.24, 2.45) is 0 Å². The van der Waals surface area contributed by atoms with Crippen LogP contribution in [0.5, 0.6) is 0 Å². The molecule has 0 unspecified atom stereocenters. The van der Waals surface area contributed by atoms with E-state index in [1.54, 1.807) is 0 Å². The summed E-state index contributed by atoms with van der Waals surface area (Å²) < 4.78 is 6.40. The molecule has 1 saturated heterocycles.